The van der Waals surface area contributed by atoms with Gasteiger partial charge in [-0.2, -0.15) is 8.78 Å². The zero-order valence-electron chi connectivity index (χ0n) is 43.8. The zero-order chi connectivity index (χ0) is 55.9. The molecule has 15 nitrogen and oxygen atoms in total. The first-order valence-corrected chi connectivity index (χ1v) is 30.1. The number of nitrogens with zero attached hydrogens (tertiary/aromatic N) is 8. The molecule has 6 heterocycles. The number of carbonyl (C=O) groups is 3. The molecule has 2 saturated carbocycles. The highest BCUT2D eigenvalue weighted by Gasteiger charge is 2.73. The third-order valence-electron chi connectivity index (χ3n) is 13.1. The number of fused-ring (bicyclic) bond motifs is 2. The molecule has 6 atom stereocenters. The van der Waals surface area contributed by atoms with Crippen LogP contribution in [0.3, 0.4) is 0 Å². The summed E-state index contributed by atoms with van der Waals surface area (Å²) in [5, 5.41) is 1.08. The standard InChI is InChI=1S/C31H39ClF2N4O5SSi.C21H20ClF2N5OS/c1-29(2,3)43-28(40)38(18-42-11-12-45(6,7)8)27-37-30(4,24-15-31(24,44-27)26(39)41-5)21-13-19(16-36-25(21)34)14-22(33)23-10-9-20(32)17-35-23;1-20(16-8-21(16,18(30)29(2)3)31-19(25)28-20)13-6-11(9-27-17(13)24)7-14(23)15-5-4-12(22)10-26-15/h9-10,13-14,16-17,24H,11-12,15,18H2,1-8H3;4-7,9-10,16H,8H2,1-3H3,(H2,25,28)/b22-14-;14-7-/t24-,30+,31-;16-,20+,21-/m00/s1. The van der Waals surface area contributed by atoms with Gasteiger partial charge in [0.15, 0.2) is 10.3 Å². The number of thioether (sulfide) groups is 2. The number of ether oxygens (including phenoxy) is 3. The Balaban J connectivity index is 0.000000236. The van der Waals surface area contributed by atoms with Gasteiger partial charge in [0.05, 0.1) is 39.6 Å². The van der Waals surface area contributed by atoms with E-state index in [1.165, 1.54) is 102 Å². The lowest BCUT2D eigenvalue weighted by Crippen LogP contribution is -2.47. The first-order valence-electron chi connectivity index (χ1n) is 24.0. The lowest BCUT2D eigenvalue weighted by Gasteiger charge is -2.37. The maximum atomic E-state index is 15.6. The number of halogens is 6. The average Bonchev–Trinajstić information content (AvgIpc) is 4.27. The molecule has 0 saturated heterocycles. The molecule has 2 N–H and O–H groups in total. The summed E-state index contributed by atoms with van der Waals surface area (Å²) in [5.41, 5.74) is 3.65. The molecule has 2 aliphatic heterocycles. The highest BCUT2D eigenvalue weighted by Crippen LogP contribution is 2.68. The Hall–Kier alpha value is -5.39. The second-order valence-corrected chi connectivity index (χ2v) is 30.6. The Labute approximate surface area is 458 Å². The molecular weight excluding hydrogens is 1090 g/mol. The van der Waals surface area contributed by atoms with E-state index in [1.807, 2.05) is 0 Å². The molecule has 406 valence electrons. The van der Waals surface area contributed by atoms with Crippen molar-refractivity contribution in [2.45, 2.75) is 99.3 Å². The van der Waals surface area contributed by atoms with Crippen LogP contribution in [0.1, 0.15) is 81.1 Å². The number of pyridine rings is 4. The predicted octanol–water partition coefficient (Wildman–Crippen LogP) is 11.4. The molecule has 0 spiro atoms. The van der Waals surface area contributed by atoms with Crippen LogP contribution in [0.5, 0.6) is 0 Å². The van der Waals surface area contributed by atoms with E-state index in [1.54, 1.807) is 48.7 Å². The molecule has 2 aliphatic carbocycles. The number of aliphatic imine (C=N–C) groups is 2. The summed E-state index contributed by atoms with van der Waals surface area (Å²) < 4.78 is 75.1. The normalized spacial score (nSPS) is 24.9. The number of methoxy groups -OCH3 is 1. The summed E-state index contributed by atoms with van der Waals surface area (Å²) in [7, 11) is 3.20. The highest BCUT2D eigenvalue weighted by molar-refractivity contribution is 8.16. The van der Waals surface area contributed by atoms with Crippen LogP contribution in [0.4, 0.5) is 22.4 Å². The van der Waals surface area contributed by atoms with Crippen LogP contribution in [0, 0.1) is 23.7 Å². The van der Waals surface area contributed by atoms with Crippen molar-refractivity contribution in [1.29, 1.82) is 0 Å². The van der Waals surface area contributed by atoms with Crippen molar-refractivity contribution >= 4 is 107 Å². The number of hydrogen-bond donors (Lipinski definition) is 1. The molecule has 0 unspecified atom stereocenters. The summed E-state index contributed by atoms with van der Waals surface area (Å²) in [6, 6.07) is 9.70. The van der Waals surface area contributed by atoms with E-state index in [4.69, 9.17) is 48.1 Å². The Bertz CT molecular complexity index is 3040. The van der Waals surface area contributed by atoms with E-state index in [0.29, 0.717) is 35.1 Å². The van der Waals surface area contributed by atoms with E-state index in [2.05, 4.69) is 44.6 Å². The zero-order valence-corrected chi connectivity index (χ0v) is 48.0. The van der Waals surface area contributed by atoms with E-state index in [9.17, 15) is 23.2 Å². The summed E-state index contributed by atoms with van der Waals surface area (Å²) in [6.07, 6.45) is 7.56. The molecular formula is C52H59Cl2F4N9O6S2Si. The predicted molar refractivity (Wildman–Crippen MR) is 293 cm³/mol. The summed E-state index contributed by atoms with van der Waals surface area (Å²) in [4.78, 5) is 67.3. The van der Waals surface area contributed by atoms with Crippen molar-refractivity contribution in [2.24, 2.45) is 27.6 Å². The van der Waals surface area contributed by atoms with Gasteiger partial charge in [0, 0.05) is 76.5 Å². The molecule has 0 radical (unpaired) electrons. The fourth-order valence-electron chi connectivity index (χ4n) is 9.02. The largest absolute Gasteiger partial charge is 0.468 e. The molecule has 24 heteroatoms. The Morgan fingerprint density at radius 1 is 0.803 bits per heavy atom. The lowest BCUT2D eigenvalue weighted by molar-refractivity contribution is -0.141. The quantitative estimate of drug-likeness (QED) is 0.0333. The van der Waals surface area contributed by atoms with Crippen molar-refractivity contribution in [3.8, 4) is 0 Å². The fourth-order valence-corrected chi connectivity index (χ4v) is 13.1. The van der Waals surface area contributed by atoms with Gasteiger partial charge in [-0.15, -0.1) is 0 Å². The first-order chi connectivity index (χ1) is 35.4. The van der Waals surface area contributed by atoms with E-state index in [-0.39, 0.29) is 57.0 Å². The maximum Gasteiger partial charge on any atom is 0.418 e. The molecule has 4 aromatic heterocycles. The number of aromatic nitrogens is 4. The molecule has 4 aromatic rings. The number of amides is 2. The van der Waals surface area contributed by atoms with Crippen LogP contribution in [-0.2, 0) is 34.9 Å². The summed E-state index contributed by atoms with van der Waals surface area (Å²) in [6.45, 7) is 15.5. The van der Waals surface area contributed by atoms with Crippen LogP contribution < -0.4 is 5.73 Å². The van der Waals surface area contributed by atoms with Gasteiger partial charge < -0.3 is 24.8 Å². The summed E-state index contributed by atoms with van der Waals surface area (Å²) >= 11 is 14.0. The number of rotatable bonds is 13. The number of amidine groups is 2. The highest BCUT2D eigenvalue weighted by atomic mass is 35.5. The van der Waals surface area contributed by atoms with Crippen LogP contribution >= 0.6 is 46.7 Å². The molecule has 2 amide bonds. The molecule has 4 aliphatic rings. The van der Waals surface area contributed by atoms with Crippen LogP contribution in [-0.4, -0.2) is 116 Å². The first kappa shape index (κ1) is 58.3. The number of hydrogen-bond acceptors (Lipinski definition) is 15. The van der Waals surface area contributed by atoms with Gasteiger partial charge in [0.1, 0.15) is 33.5 Å². The van der Waals surface area contributed by atoms with E-state index < -0.39 is 75.8 Å². The van der Waals surface area contributed by atoms with Crippen LogP contribution in [0.15, 0.2) is 71.2 Å². The van der Waals surface area contributed by atoms with Crippen molar-refractivity contribution in [1.82, 2.24) is 29.7 Å². The van der Waals surface area contributed by atoms with Gasteiger partial charge >= 0.3 is 12.1 Å². The van der Waals surface area contributed by atoms with Crippen molar-refractivity contribution in [3.63, 3.8) is 0 Å². The molecule has 2 fully saturated rings. The van der Waals surface area contributed by atoms with Gasteiger partial charge in [-0.25, -0.2) is 28.4 Å². The second kappa shape index (κ2) is 22.2. The molecule has 76 heavy (non-hydrogen) atoms. The Kier molecular flexibility index (Phi) is 17.0. The van der Waals surface area contributed by atoms with Gasteiger partial charge in [-0.1, -0.05) is 66.4 Å². The minimum atomic E-state index is -1.43. The monoisotopic (exact) mass is 1140 g/mol. The van der Waals surface area contributed by atoms with Crippen molar-refractivity contribution in [3.05, 3.63) is 117 Å². The maximum absolute atomic E-state index is 15.6. The minimum Gasteiger partial charge on any atom is -0.468 e. The third-order valence-corrected chi connectivity index (χ3v) is 18.0. The Morgan fingerprint density at radius 2 is 1.30 bits per heavy atom. The van der Waals surface area contributed by atoms with Gasteiger partial charge in [-0.05, 0) is 113 Å². The average molecular weight is 1150 g/mol. The third kappa shape index (κ3) is 12.6. The van der Waals surface area contributed by atoms with Gasteiger partial charge in [0.2, 0.25) is 17.8 Å². The topological polar surface area (TPSA) is 188 Å². The van der Waals surface area contributed by atoms with E-state index in [0.717, 1.165) is 17.8 Å². The number of nitrogens with two attached hydrogens (primary N) is 1. The molecule has 8 rings (SSSR count). The molecule has 0 bridgehead atoms. The smallest absolute Gasteiger partial charge is 0.418 e. The van der Waals surface area contributed by atoms with Crippen molar-refractivity contribution in [2.75, 3.05) is 34.5 Å². The van der Waals surface area contributed by atoms with Crippen LogP contribution in [0.25, 0.3) is 23.8 Å². The fraction of sp³-hybridized carbons (Fsp3) is 0.442. The number of carbonyl (C=O) groups excluding carboxylic acids is 3. The van der Waals surface area contributed by atoms with Crippen LogP contribution in [0.2, 0.25) is 35.7 Å². The molecule has 0 aromatic carbocycles. The van der Waals surface area contributed by atoms with E-state index >= 15 is 8.78 Å². The van der Waals surface area contributed by atoms with Gasteiger partial charge in [0.25, 0.3) is 0 Å². The lowest BCUT2D eigenvalue weighted by atomic mass is 9.86. The van der Waals surface area contributed by atoms with Crippen molar-refractivity contribution < 1.29 is 46.2 Å². The number of esters is 1. The second-order valence-electron chi connectivity index (χ2n) is 21.5. The van der Waals surface area contributed by atoms with Gasteiger partial charge in [-0.3, -0.25) is 29.5 Å². The minimum absolute atomic E-state index is 0.0329. The Morgan fingerprint density at radius 3 is 1.76 bits per heavy atom. The SMILES string of the molecule is CN(C)C(=O)[C@]12C[C@H]1[C@@](C)(c1cc(/C=C(\F)c3ccc(Cl)cn3)cnc1F)N=C(N)S2.COC(=O)[C@]12C[C@H]1[C@@](C)(c1cc(/C=C(\F)c3ccc(Cl)cn3)cnc1F)N=C(N(COCC[Si](C)(C)C)C(=O)OC(C)(C)C)S2. The summed E-state index contributed by atoms with van der Waals surface area (Å²) in [5.74, 6) is -4.24.